The summed E-state index contributed by atoms with van der Waals surface area (Å²) in [7, 11) is 0. The van der Waals surface area contributed by atoms with E-state index in [1.807, 2.05) is 0 Å². The van der Waals surface area contributed by atoms with Gasteiger partial charge < -0.3 is 5.73 Å². The minimum absolute atomic E-state index is 0.153. The second-order valence-electron chi connectivity index (χ2n) is 5.11. The monoisotopic (exact) mass is 269 g/mol. The molecular weight excluding hydrogens is 252 g/mol. The Morgan fingerprint density at radius 2 is 1.89 bits per heavy atom. The number of nitrogen functional groups attached to an aromatic ring is 1. The molecule has 0 unspecified atom stereocenters. The molecule has 0 amide bonds. The fraction of sp³-hybridized carbons (Fsp3) is 0.667. The zero-order valence-corrected chi connectivity index (χ0v) is 10.6. The standard InChI is InChI=1S/C12H17F2N5/c13-10(14)9-8-11(15)16-17-12(8)19(18-9)7-5-3-1-2-4-6-7/h7,10H,1-6H2,(H3,15,16,17). The molecule has 0 saturated heterocycles. The van der Waals surface area contributed by atoms with Crippen LogP contribution in [0.15, 0.2) is 0 Å². The second kappa shape index (κ2) is 4.79. The smallest absolute Gasteiger partial charge is 0.282 e. The molecule has 1 aliphatic carbocycles. The minimum Gasteiger partial charge on any atom is -0.383 e. The normalized spacial score (nSPS) is 18.3. The lowest BCUT2D eigenvalue weighted by Crippen LogP contribution is -2.10. The maximum absolute atomic E-state index is 13.0. The predicted molar refractivity (Wildman–Crippen MR) is 68.0 cm³/mol. The molecule has 1 saturated carbocycles. The number of rotatable bonds is 2. The molecular formula is C12H17F2N5. The van der Waals surface area contributed by atoms with Crippen molar-refractivity contribution in [3.05, 3.63) is 5.69 Å². The van der Waals surface area contributed by atoms with Crippen molar-refractivity contribution in [1.29, 1.82) is 0 Å². The lowest BCUT2D eigenvalue weighted by molar-refractivity contribution is 0.146. The molecule has 3 N–H and O–H groups in total. The third-order valence-corrected chi connectivity index (χ3v) is 3.84. The van der Waals surface area contributed by atoms with Gasteiger partial charge in [-0.1, -0.05) is 25.7 Å². The summed E-state index contributed by atoms with van der Waals surface area (Å²) in [5.74, 6) is 0.171. The van der Waals surface area contributed by atoms with Crippen molar-refractivity contribution in [3.63, 3.8) is 0 Å². The largest absolute Gasteiger partial charge is 0.383 e. The number of hydrogen-bond donors (Lipinski definition) is 2. The number of nitrogens with zero attached hydrogens (tertiary/aromatic N) is 3. The van der Waals surface area contributed by atoms with Crippen molar-refractivity contribution in [1.82, 2.24) is 20.0 Å². The minimum atomic E-state index is -2.63. The first kappa shape index (κ1) is 12.4. The van der Waals surface area contributed by atoms with Gasteiger partial charge in [-0.25, -0.2) is 13.5 Å². The number of nitrogens with one attached hydrogen (secondary N) is 1. The van der Waals surface area contributed by atoms with Crippen molar-refractivity contribution in [2.24, 2.45) is 0 Å². The first-order valence-electron chi connectivity index (χ1n) is 6.68. The van der Waals surface area contributed by atoms with E-state index in [0.29, 0.717) is 5.65 Å². The second-order valence-corrected chi connectivity index (χ2v) is 5.11. The Morgan fingerprint density at radius 3 is 2.53 bits per heavy atom. The highest BCUT2D eigenvalue weighted by molar-refractivity contribution is 5.89. The topological polar surface area (TPSA) is 72.5 Å². The van der Waals surface area contributed by atoms with Gasteiger partial charge in [-0.2, -0.15) is 10.2 Å². The van der Waals surface area contributed by atoms with Gasteiger partial charge in [0.25, 0.3) is 6.43 Å². The maximum atomic E-state index is 13.0. The number of alkyl halides is 2. The van der Waals surface area contributed by atoms with Crippen LogP contribution in [0.3, 0.4) is 0 Å². The van der Waals surface area contributed by atoms with Crippen LogP contribution in [0, 0.1) is 0 Å². The lowest BCUT2D eigenvalue weighted by Gasteiger charge is -2.14. The Balaban J connectivity index is 2.07. The Hall–Kier alpha value is -1.66. The van der Waals surface area contributed by atoms with Crippen LogP contribution in [-0.4, -0.2) is 20.0 Å². The van der Waals surface area contributed by atoms with Crippen LogP contribution in [0.4, 0.5) is 14.6 Å². The van der Waals surface area contributed by atoms with Crippen molar-refractivity contribution >= 4 is 16.9 Å². The van der Waals surface area contributed by atoms with Gasteiger partial charge in [-0.15, -0.1) is 0 Å². The number of fused-ring (bicyclic) bond motifs is 1. The van der Waals surface area contributed by atoms with Crippen molar-refractivity contribution in [2.75, 3.05) is 5.73 Å². The van der Waals surface area contributed by atoms with E-state index in [-0.39, 0.29) is 22.9 Å². The van der Waals surface area contributed by atoms with Gasteiger partial charge in [-0.05, 0) is 12.8 Å². The molecule has 2 aromatic heterocycles. The molecule has 7 heteroatoms. The quantitative estimate of drug-likeness (QED) is 0.822. The van der Waals surface area contributed by atoms with Gasteiger partial charge >= 0.3 is 0 Å². The first-order valence-corrected chi connectivity index (χ1v) is 6.68. The summed E-state index contributed by atoms with van der Waals surface area (Å²) in [6.45, 7) is 0. The molecule has 0 spiro atoms. The van der Waals surface area contributed by atoms with Crippen LogP contribution in [0.5, 0.6) is 0 Å². The number of anilines is 1. The Bertz CT molecular complexity index is 566. The van der Waals surface area contributed by atoms with Crippen LogP contribution in [0.1, 0.15) is 56.7 Å². The SMILES string of the molecule is Nc1[nH]nc2c1c(C(F)F)nn2C1CCCCCC1. The molecule has 1 aliphatic rings. The Labute approximate surface area is 109 Å². The van der Waals surface area contributed by atoms with Gasteiger partial charge in [0.2, 0.25) is 0 Å². The summed E-state index contributed by atoms with van der Waals surface area (Å²) >= 11 is 0. The number of nitrogens with two attached hydrogens (primary N) is 1. The zero-order valence-electron chi connectivity index (χ0n) is 10.6. The fourth-order valence-electron chi connectivity index (χ4n) is 2.89. The highest BCUT2D eigenvalue weighted by Crippen LogP contribution is 2.34. The third-order valence-electron chi connectivity index (χ3n) is 3.84. The number of H-pyrrole nitrogens is 1. The van der Waals surface area contributed by atoms with Gasteiger partial charge in [0.1, 0.15) is 11.5 Å². The average Bonchev–Trinajstić information content (AvgIpc) is 2.81. The van der Waals surface area contributed by atoms with Crippen LogP contribution in [-0.2, 0) is 0 Å². The molecule has 2 aromatic rings. The molecule has 2 heterocycles. The Morgan fingerprint density at radius 1 is 1.21 bits per heavy atom. The van der Waals surface area contributed by atoms with E-state index in [1.165, 1.54) is 12.8 Å². The van der Waals surface area contributed by atoms with Crippen LogP contribution < -0.4 is 5.73 Å². The summed E-state index contributed by atoms with van der Waals surface area (Å²) in [5, 5.41) is 11.0. The third kappa shape index (κ3) is 2.06. The molecule has 0 aliphatic heterocycles. The number of halogens is 2. The highest BCUT2D eigenvalue weighted by Gasteiger charge is 2.26. The average molecular weight is 269 g/mol. The van der Waals surface area contributed by atoms with E-state index in [1.54, 1.807) is 4.68 Å². The fourth-order valence-corrected chi connectivity index (χ4v) is 2.89. The molecule has 3 rings (SSSR count). The van der Waals surface area contributed by atoms with Crippen molar-refractivity contribution in [3.8, 4) is 0 Å². The van der Waals surface area contributed by atoms with Gasteiger partial charge in [0.05, 0.1) is 11.4 Å². The van der Waals surface area contributed by atoms with E-state index in [2.05, 4.69) is 15.3 Å². The molecule has 5 nitrogen and oxygen atoms in total. The van der Waals surface area contributed by atoms with Gasteiger partial charge in [0.15, 0.2) is 5.65 Å². The van der Waals surface area contributed by atoms with Crippen molar-refractivity contribution in [2.45, 2.75) is 51.0 Å². The molecule has 0 atom stereocenters. The molecule has 0 aromatic carbocycles. The Kier molecular flexibility index (Phi) is 3.12. The van der Waals surface area contributed by atoms with E-state index in [0.717, 1.165) is 25.7 Å². The summed E-state index contributed by atoms with van der Waals surface area (Å²) < 4.78 is 27.7. The molecule has 0 bridgehead atoms. The molecule has 19 heavy (non-hydrogen) atoms. The molecule has 1 fully saturated rings. The van der Waals surface area contributed by atoms with Crippen LogP contribution in [0.2, 0.25) is 0 Å². The predicted octanol–water partition coefficient (Wildman–Crippen LogP) is 3.17. The number of aromatic nitrogens is 4. The van der Waals surface area contributed by atoms with E-state index >= 15 is 0 Å². The van der Waals surface area contributed by atoms with E-state index < -0.39 is 6.43 Å². The zero-order chi connectivity index (χ0) is 13.4. The summed E-state index contributed by atoms with van der Waals surface area (Å²) in [4.78, 5) is 0. The lowest BCUT2D eigenvalue weighted by atomic mass is 10.1. The van der Waals surface area contributed by atoms with Crippen molar-refractivity contribution < 1.29 is 8.78 Å². The summed E-state index contributed by atoms with van der Waals surface area (Å²) in [6, 6.07) is 0.153. The van der Waals surface area contributed by atoms with Gasteiger partial charge in [0, 0.05) is 0 Å². The van der Waals surface area contributed by atoms with Crippen LogP contribution in [0.25, 0.3) is 11.0 Å². The number of aromatic amines is 1. The molecule has 104 valence electrons. The first-order chi connectivity index (χ1) is 9.18. The summed E-state index contributed by atoms with van der Waals surface area (Å²) in [5.41, 5.74) is 5.88. The maximum Gasteiger partial charge on any atom is 0.282 e. The van der Waals surface area contributed by atoms with Gasteiger partial charge in [-0.3, -0.25) is 5.10 Å². The highest BCUT2D eigenvalue weighted by atomic mass is 19.3. The van der Waals surface area contributed by atoms with E-state index in [4.69, 9.17) is 5.73 Å². The van der Waals surface area contributed by atoms with E-state index in [9.17, 15) is 8.78 Å². The summed E-state index contributed by atoms with van der Waals surface area (Å²) in [6.07, 6.45) is 3.91. The molecule has 0 radical (unpaired) electrons. The van der Waals surface area contributed by atoms with Crippen LogP contribution >= 0.6 is 0 Å². The number of hydrogen-bond acceptors (Lipinski definition) is 3.